The molecular formula is C29H28BrN5O2. The zero-order valence-electron chi connectivity index (χ0n) is 20.6. The molecule has 1 amide bonds. The predicted octanol–water partition coefficient (Wildman–Crippen LogP) is 6.22. The molecule has 0 radical (unpaired) electrons. The van der Waals surface area contributed by atoms with Gasteiger partial charge >= 0.3 is 6.03 Å². The van der Waals surface area contributed by atoms with Crippen LogP contribution in [0.1, 0.15) is 17.7 Å². The first-order chi connectivity index (χ1) is 18.1. The molecule has 2 aromatic heterocycles. The quantitative estimate of drug-likeness (QED) is 0.202. The Morgan fingerprint density at radius 1 is 1.03 bits per heavy atom. The molecule has 188 valence electrons. The Hall–Kier alpha value is -3.75. The van der Waals surface area contributed by atoms with Crippen molar-refractivity contribution in [1.29, 1.82) is 0 Å². The van der Waals surface area contributed by atoms with Gasteiger partial charge < -0.3 is 14.2 Å². The number of carbonyl (C=O) groups excluding carboxylic acids is 1. The van der Waals surface area contributed by atoms with Gasteiger partial charge in [0.1, 0.15) is 0 Å². The van der Waals surface area contributed by atoms with Crippen molar-refractivity contribution in [1.82, 2.24) is 24.2 Å². The largest absolute Gasteiger partial charge is 0.385 e. The Morgan fingerprint density at radius 3 is 2.68 bits per heavy atom. The summed E-state index contributed by atoms with van der Waals surface area (Å²) in [6, 6.07) is 24.2. The highest BCUT2D eigenvalue weighted by atomic mass is 79.9. The van der Waals surface area contributed by atoms with Gasteiger partial charge in [-0.3, -0.25) is 0 Å². The maximum Gasteiger partial charge on any atom is 0.345 e. The van der Waals surface area contributed by atoms with E-state index in [1.165, 1.54) is 4.68 Å². The molecule has 8 heteroatoms. The van der Waals surface area contributed by atoms with Crippen LogP contribution < -0.4 is 0 Å². The monoisotopic (exact) mass is 557 g/mol. The predicted molar refractivity (Wildman–Crippen MR) is 148 cm³/mol. The number of imidazole rings is 1. The maximum absolute atomic E-state index is 13.6. The smallest absolute Gasteiger partial charge is 0.345 e. The highest BCUT2D eigenvalue weighted by Crippen LogP contribution is 2.27. The molecule has 0 unspecified atom stereocenters. The van der Waals surface area contributed by atoms with Crippen LogP contribution in [0.25, 0.3) is 22.0 Å². The lowest BCUT2D eigenvalue weighted by atomic mass is 10.0. The summed E-state index contributed by atoms with van der Waals surface area (Å²) in [5.41, 5.74) is 3.88. The van der Waals surface area contributed by atoms with Crippen LogP contribution in [-0.2, 0) is 17.8 Å². The van der Waals surface area contributed by atoms with Crippen LogP contribution in [0, 0.1) is 0 Å². The molecule has 0 atom stereocenters. The molecule has 2 heterocycles. The van der Waals surface area contributed by atoms with Crippen molar-refractivity contribution in [3.63, 3.8) is 0 Å². The fourth-order valence-corrected chi connectivity index (χ4v) is 4.68. The van der Waals surface area contributed by atoms with Crippen LogP contribution in [0.2, 0.25) is 0 Å². The lowest BCUT2D eigenvalue weighted by Gasteiger charge is -2.23. The molecule has 0 aliphatic carbocycles. The number of amides is 1. The van der Waals surface area contributed by atoms with Gasteiger partial charge in [-0.05, 0) is 41.0 Å². The molecule has 0 N–H and O–H groups in total. The van der Waals surface area contributed by atoms with E-state index in [1.807, 2.05) is 55.0 Å². The fourth-order valence-electron chi connectivity index (χ4n) is 4.41. The zero-order chi connectivity index (χ0) is 25.6. The summed E-state index contributed by atoms with van der Waals surface area (Å²) in [5.74, 6) is 0. The Kier molecular flexibility index (Phi) is 7.77. The maximum atomic E-state index is 13.6. The number of benzene rings is 3. The summed E-state index contributed by atoms with van der Waals surface area (Å²) in [6.45, 7) is 2.21. The molecule has 0 spiro atoms. The van der Waals surface area contributed by atoms with Crippen molar-refractivity contribution in [3.8, 4) is 11.3 Å². The third-order valence-corrected chi connectivity index (χ3v) is 6.84. The molecule has 37 heavy (non-hydrogen) atoms. The van der Waals surface area contributed by atoms with Crippen LogP contribution in [0.4, 0.5) is 4.79 Å². The Balaban J connectivity index is 1.38. The highest BCUT2D eigenvalue weighted by molar-refractivity contribution is 9.10. The number of hydrogen-bond donors (Lipinski definition) is 0. The van der Waals surface area contributed by atoms with Crippen LogP contribution in [0.5, 0.6) is 0 Å². The molecule has 0 bridgehead atoms. The van der Waals surface area contributed by atoms with Crippen molar-refractivity contribution in [2.75, 3.05) is 20.3 Å². The standard InChI is InChI=1S/C29H28BrN5O2/c1-37-17-5-15-33(20-25-18-31-21-34(25)19-22-10-12-24(30)13-11-22)29(36)35-16-14-28(32-35)27-9-4-7-23-6-2-3-8-26(23)27/h2-4,6-14,16,18,21H,5,15,17,19-20H2,1H3. The summed E-state index contributed by atoms with van der Waals surface area (Å²) in [7, 11) is 1.67. The molecule has 0 saturated heterocycles. The normalized spacial score (nSPS) is 11.2. The lowest BCUT2D eigenvalue weighted by molar-refractivity contribution is 0.164. The topological polar surface area (TPSA) is 65.2 Å². The summed E-state index contributed by atoms with van der Waals surface area (Å²) in [5, 5.41) is 6.92. The fraction of sp³-hybridized carbons (Fsp3) is 0.207. The number of hydrogen-bond acceptors (Lipinski definition) is 4. The van der Waals surface area contributed by atoms with Crippen molar-refractivity contribution >= 4 is 32.7 Å². The number of rotatable bonds is 9. The van der Waals surface area contributed by atoms with Gasteiger partial charge in [-0.15, -0.1) is 0 Å². The molecule has 0 aliphatic rings. The summed E-state index contributed by atoms with van der Waals surface area (Å²) >= 11 is 3.49. The summed E-state index contributed by atoms with van der Waals surface area (Å²) < 4.78 is 9.79. The minimum Gasteiger partial charge on any atom is -0.385 e. The van der Waals surface area contributed by atoms with Crippen LogP contribution in [-0.4, -0.2) is 50.5 Å². The van der Waals surface area contributed by atoms with Gasteiger partial charge in [-0.25, -0.2) is 9.78 Å². The first-order valence-electron chi connectivity index (χ1n) is 12.2. The minimum atomic E-state index is -0.181. The second-order valence-electron chi connectivity index (χ2n) is 8.86. The zero-order valence-corrected chi connectivity index (χ0v) is 22.2. The Labute approximate surface area is 224 Å². The van der Waals surface area contributed by atoms with Crippen molar-refractivity contribution in [2.24, 2.45) is 0 Å². The van der Waals surface area contributed by atoms with E-state index in [0.717, 1.165) is 44.2 Å². The van der Waals surface area contributed by atoms with Crippen LogP contribution >= 0.6 is 15.9 Å². The average Bonchev–Trinajstić information content (AvgIpc) is 3.59. The average molecular weight is 558 g/mol. The Morgan fingerprint density at radius 2 is 1.84 bits per heavy atom. The van der Waals surface area contributed by atoms with Crippen LogP contribution in [0.3, 0.4) is 0 Å². The van der Waals surface area contributed by atoms with Crippen molar-refractivity contribution < 1.29 is 9.53 Å². The van der Waals surface area contributed by atoms with E-state index in [2.05, 4.69) is 60.9 Å². The van der Waals surface area contributed by atoms with Gasteiger partial charge in [0.2, 0.25) is 0 Å². The number of fused-ring (bicyclic) bond motifs is 1. The number of ether oxygens (including phenoxy) is 1. The molecular weight excluding hydrogens is 530 g/mol. The number of aromatic nitrogens is 4. The molecule has 0 fully saturated rings. The van der Waals surface area contributed by atoms with Crippen LogP contribution in [0.15, 0.2) is 96.0 Å². The van der Waals surface area contributed by atoms with E-state index in [0.29, 0.717) is 26.2 Å². The van der Waals surface area contributed by atoms with E-state index in [1.54, 1.807) is 18.2 Å². The van der Waals surface area contributed by atoms with Crippen molar-refractivity contribution in [3.05, 3.63) is 107 Å². The molecule has 3 aromatic carbocycles. The van der Waals surface area contributed by atoms with E-state index in [9.17, 15) is 4.79 Å². The highest BCUT2D eigenvalue weighted by Gasteiger charge is 2.20. The van der Waals surface area contributed by atoms with Gasteiger partial charge in [-0.1, -0.05) is 70.5 Å². The third-order valence-electron chi connectivity index (χ3n) is 6.32. The number of halogens is 1. The SMILES string of the molecule is COCCCN(Cc1cncn1Cc1ccc(Br)cc1)C(=O)n1ccc(-c2cccc3ccccc23)n1. The summed E-state index contributed by atoms with van der Waals surface area (Å²) in [4.78, 5) is 19.8. The number of methoxy groups -OCH3 is 1. The van der Waals surface area contributed by atoms with E-state index in [-0.39, 0.29) is 6.03 Å². The second kappa shape index (κ2) is 11.5. The Bertz CT molecular complexity index is 1490. The minimum absolute atomic E-state index is 0.181. The van der Waals surface area contributed by atoms with E-state index in [4.69, 9.17) is 4.74 Å². The number of nitrogens with zero attached hydrogens (tertiary/aromatic N) is 5. The molecule has 5 rings (SSSR count). The van der Waals surface area contributed by atoms with Gasteiger partial charge in [0, 0.05) is 49.2 Å². The molecule has 0 saturated carbocycles. The third kappa shape index (κ3) is 5.81. The van der Waals surface area contributed by atoms with Gasteiger partial charge in [0.25, 0.3) is 0 Å². The van der Waals surface area contributed by atoms with Crippen molar-refractivity contribution in [2.45, 2.75) is 19.5 Å². The molecule has 0 aliphatic heterocycles. The van der Waals surface area contributed by atoms with Gasteiger partial charge in [0.05, 0.1) is 24.3 Å². The number of carbonyl (C=O) groups is 1. The first-order valence-corrected chi connectivity index (χ1v) is 13.0. The van der Waals surface area contributed by atoms with E-state index < -0.39 is 0 Å². The molecule has 5 aromatic rings. The first kappa shape index (κ1) is 24.9. The van der Waals surface area contributed by atoms with Gasteiger partial charge in [-0.2, -0.15) is 9.78 Å². The molecule has 7 nitrogen and oxygen atoms in total. The lowest BCUT2D eigenvalue weighted by Crippen LogP contribution is -2.36. The summed E-state index contributed by atoms with van der Waals surface area (Å²) in [6.07, 6.45) is 6.09. The second-order valence-corrected chi connectivity index (χ2v) is 9.78. The van der Waals surface area contributed by atoms with E-state index >= 15 is 0 Å². The van der Waals surface area contributed by atoms with Gasteiger partial charge in [0.15, 0.2) is 0 Å².